The predicted octanol–water partition coefficient (Wildman–Crippen LogP) is -0.661. The summed E-state index contributed by atoms with van der Waals surface area (Å²) in [5.41, 5.74) is 0. The van der Waals surface area contributed by atoms with Crippen molar-refractivity contribution in [2.75, 3.05) is 6.54 Å². The second kappa shape index (κ2) is 2.67. The molecule has 0 amide bonds. The molecule has 2 nitrogen and oxygen atoms in total. The van der Waals surface area contributed by atoms with Crippen LogP contribution < -0.4 is 5.32 Å². The first-order valence-corrected chi connectivity index (χ1v) is 3.71. The number of hydrogen-bond donors (Lipinski definition) is 2. The van der Waals surface area contributed by atoms with Crippen molar-refractivity contribution in [1.82, 2.24) is 0 Å². The molecule has 0 unspecified atom stereocenters. The average Bonchev–Trinajstić information content (AvgIpc) is 1.80. The van der Waals surface area contributed by atoms with Crippen LogP contribution in [-0.2, 0) is 0 Å². The standard InChI is InChI=1S/C7H15NO/c1-5-4-8-6(2)3-7(5)9/h5-9H,3-4H2,1-2H3/p+1/t5-,6+,7-/m1/s1. The van der Waals surface area contributed by atoms with Crippen molar-refractivity contribution in [1.29, 1.82) is 0 Å². The summed E-state index contributed by atoms with van der Waals surface area (Å²) < 4.78 is 0. The summed E-state index contributed by atoms with van der Waals surface area (Å²) in [6.07, 6.45) is 0.909. The zero-order chi connectivity index (χ0) is 6.85. The van der Waals surface area contributed by atoms with Gasteiger partial charge >= 0.3 is 0 Å². The molecule has 1 fully saturated rings. The number of rotatable bonds is 0. The van der Waals surface area contributed by atoms with Crippen LogP contribution in [-0.4, -0.2) is 23.8 Å². The molecule has 0 aromatic heterocycles. The number of aliphatic hydroxyl groups is 1. The van der Waals surface area contributed by atoms with Crippen LogP contribution in [0.25, 0.3) is 0 Å². The maximum Gasteiger partial charge on any atom is 0.0855 e. The van der Waals surface area contributed by atoms with E-state index in [-0.39, 0.29) is 6.10 Å². The molecule has 9 heavy (non-hydrogen) atoms. The van der Waals surface area contributed by atoms with Gasteiger partial charge in [-0.15, -0.1) is 0 Å². The lowest BCUT2D eigenvalue weighted by molar-refractivity contribution is -0.702. The minimum atomic E-state index is -0.0509. The van der Waals surface area contributed by atoms with Crippen LogP contribution in [0, 0.1) is 5.92 Å². The van der Waals surface area contributed by atoms with Gasteiger partial charge in [-0.05, 0) is 6.92 Å². The lowest BCUT2D eigenvalue weighted by atomic mass is 9.94. The van der Waals surface area contributed by atoms with Gasteiger partial charge < -0.3 is 10.4 Å². The highest BCUT2D eigenvalue weighted by atomic mass is 16.3. The largest absolute Gasteiger partial charge is 0.392 e. The van der Waals surface area contributed by atoms with Gasteiger partial charge in [-0.3, -0.25) is 0 Å². The Bertz CT molecular complexity index is 94.9. The smallest absolute Gasteiger partial charge is 0.0855 e. The van der Waals surface area contributed by atoms with Crippen molar-refractivity contribution in [3.05, 3.63) is 0 Å². The lowest BCUT2D eigenvalue weighted by Crippen LogP contribution is -2.93. The third-order valence-electron chi connectivity index (χ3n) is 2.18. The molecular weight excluding hydrogens is 114 g/mol. The van der Waals surface area contributed by atoms with Gasteiger partial charge in [0.1, 0.15) is 0 Å². The Morgan fingerprint density at radius 2 is 2.11 bits per heavy atom. The molecule has 0 saturated carbocycles. The van der Waals surface area contributed by atoms with Crippen molar-refractivity contribution in [3.8, 4) is 0 Å². The summed E-state index contributed by atoms with van der Waals surface area (Å²) in [6.45, 7) is 5.35. The predicted molar refractivity (Wildman–Crippen MR) is 36.0 cm³/mol. The van der Waals surface area contributed by atoms with E-state index in [1.807, 2.05) is 0 Å². The molecule has 2 heteroatoms. The summed E-state index contributed by atoms with van der Waals surface area (Å²) in [6, 6.07) is 0.621. The van der Waals surface area contributed by atoms with Crippen LogP contribution in [0.15, 0.2) is 0 Å². The van der Waals surface area contributed by atoms with E-state index in [0.717, 1.165) is 13.0 Å². The first-order valence-electron chi connectivity index (χ1n) is 3.71. The van der Waals surface area contributed by atoms with Crippen molar-refractivity contribution in [3.63, 3.8) is 0 Å². The minimum absolute atomic E-state index is 0.0509. The van der Waals surface area contributed by atoms with Crippen molar-refractivity contribution < 1.29 is 10.4 Å². The molecule has 54 valence electrons. The summed E-state index contributed by atoms with van der Waals surface area (Å²) in [4.78, 5) is 0. The Hall–Kier alpha value is -0.0800. The number of nitrogens with two attached hydrogens (primary N) is 1. The molecule has 0 aliphatic carbocycles. The number of hydrogen-bond acceptors (Lipinski definition) is 1. The molecule has 0 aromatic carbocycles. The highest BCUT2D eigenvalue weighted by Crippen LogP contribution is 2.08. The summed E-state index contributed by atoms with van der Waals surface area (Å²) in [5.74, 6) is 0.487. The molecule has 1 saturated heterocycles. The van der Waals surface area contributed by atoms with Crippen LogP contribution >= 0.6 is 0 Å². The topological polar surface area (TPSA) is 36.8 Å². The summed E-state index contributed by atoms with van der Waals surface area (Å²) in [7, 11) is 0. The normalized spacial score (nSPS) is 45.0. The number of aliphatic hydroxyl groups excluding tert-OH is 1. The molecular formula is C7H16NO+. The Labute approximate surface area is 56.3 Å². The van der Waals surface area contributed by atoms with E-state index in [2.05, 4.69) is 19.2 Å². The van der Waals surface area contributed by atoms with E-state index < -0.39 is 0 Å². The first kappa shape index (κ1) is 7.03. The molecule has 1 aliphatic rings. The van der Waals surface area contributed by atoms with Crippen LogP contribution in [0.3, 0.4) is 0 Å². The van der Waals surface area contributed by atoms with Gasteiger partial charge in [0.25, 0.3) is 0 Å². The fourth-order valence-electron chi connectivity index (χ4n) is 1.31. The quantitative estimate of drug-likeness (QED) is 0.449. The van der Waals surface area contributed by atoms with Gasteiger partial charge in [-0.2, -0.15) is 0 Å². The van der Waals surface area contributed by atoms with Crippen molar-refractivity contribution in [2.24, 2.45) is 5.92 Å². The molecule has 0 spiro atoms. The maximum absolute atomic E-state index is 9.33. The zero-order valence-corrected chi connectivity index (χ0v) is 6.17. The first-order chi connectivity index (χ1) is 4.20. The molecule has 0 radical (unpaired) electrons. The molecule has 3 N–H and O–H groups in total. The monoisotopic (exact) mass is 130 g/mol. The van der Waals surface area contributed by atoms with Crippen molar-refractivity contribution in [2.45, 2.75) is 32.4 Å². The summed E-state index contributed by atoms with van der Waals surface area (Å²) >= 11 is 0. The molecule has 0 aromatic rings. The van der Waals surface area contributed by atoms with Crippen LogP contribution in [0.2, 0.25) is 0 Å². The van der Waals surface area contributed by atoms with E-state index >= 15 is 0 Å². The van der Waals surface area contributed by atoms with Gasteiger partial charge in [0, 0.05) is 12.3 Å². The zero-order valence-electron chi connectivity index (χ0n) is 6.17. The highest BCUT2D eigenvalue weighted by Gasteiger charge is 2.25. The summed E-state index contributed by atoms with van der Waals surface area (Å²) in [5, 5.41) is 11.6. The molecule has 0 bridgehead atoms. The minimum Gasteiger partial charge on any atom is -0.392 e. The second-order valence-corrected chi connectivity index (χ2v) is 3.23. The van der Waals surface area contributed by atoms with E-state index in [1.54, 1.807) is 0 Å². The van der Waals surface area contributed by atoms with E-state index in [1.165, 1.54) is 0 Å². The van der Waals surface area contributed by atoms with Crippen LogP contribution in [0.5, 0.6) is 0 Å². The van der Waals surface area contributed by atoms with E-state index in [0.29, 0.717) is 12.0 Å². The number of quaternary nitrogens is 1. The van der Waals surface area contributed by atoms with Crippen LogP contribution in [0.4, 0.5) is 0 Å². The maximum atomic E-state index is 9.33. The van der Waals surface area contributed by atoms with E-state index in [9.17, 15) is 5.11 Å². The number of piperidine rings is 1. The third-order valence-corrected chi connectivity index (χ3v) is 2.18. The fraction of sp³-hybridized carbons (Fsp3) is 1.00. The molecule has 1 rings (SSSR count). The Morgan fingerprint density at radius 1 is 1.44 bits per heavy atom. The van der Waals surface area contributed by atoms with Gasteiger partial charge in [0.2, 0.25) is 0 Å². The Kier molecular flexibility index (Phi) is 2.09. The molecule has 1 aliphatic heterocycles. The molecule has 3 atom stereocenters. The van der Waals surface area contributed by atoms with Gasteiger partial charge in [0.05, 0.1) is 18.7 Å². The third kappa shape index (κ3) is 1.66. The van der Waals surface area contributed by atoms with Crippen LogP contribution in [0.1, 0.15) is 20.3 Å². The Morgan fingerprint density at radius 3 is 2.56 bits per heavy atom. The van der Waals surface area contributed by atoms with Crippen molar-refractivity contribution >= 4 is 0 Å². The fourth-order valence-corrected chi connectivity index (χ4v) is 1.31. The SMILES string of the molecule is C[C@@H]1C[NH2+][C@@H](C)C[C@H]1O. The Balaban J connectivity index is 2.35. The van der Waals surface area contributed by atoms with Gasteiger partial charge in [-0.25, -0.2) is 0 Å². The second-order valence-electron chi connectivity index (χ2n) is 3.23. The van der Waals surface area contributed by atoms with Gasteiger partial charge in [-0.1, -0.05) is 6.92 Å². The average molecular weight is 130 g/mol. The van der Waals surface area contributed by atoms with E-state index in [4.69, 9.17) is 0 Å². The van der Waals surface area contributed by atoms with Gasteiger partial charge in [0.15, 0.2) is 0 Å². The molecule has 1 heterocycles. The lowest BCUT2D eigenvalue weighted by Gasteiger charge is -2.26. The highest BCUT2D eigenvalue weighted by molar-refractivity contribution is 4.69.